The van der Waals surface area contributed by atoms with Gasteiger partial charge in [-0.15, -0.1) is 0 Å². The molecule has 0 spiro atoms. The van der Waals surface area contributed by atoms with Crippen LogP contribution in [-0.4, -0.2) is 54.0 Å². The van der Waals surface area contributed by atoms with Gasteiger partial charge in [-0.3, -0.25) is 14.4 Å². The number of carbonyl (C=O) groups is 4. The average Bonchev–Trinajstić information content (AvgIpc) is 2.91. The highest BCUT2D eigenvalue weighted by Gasteiger charge is 2.36. The molecule has 0 aliphatic carbocycles. The fraction of sp³-hybridized carbons (Fsp3) is 0.500. The minimum absolute atomic E-state index is 0.0442. The van der Waals surface area contributed by atoms with Crippen LogP contribution in [0.25, 0.3) is 0 Å². The normalized spacial score (nSPS) is 12.5. The second-order valence-electron chi connectivity index (χ2n) is 11.4. The highest BCUT2D eigenvalue weighted by atomic mass is 16.6. The fourth-order valence-electron chi connectivity index (χ4n) is 4.39. The van der Waals surface area contributed by atoms with Crippen LogP contribution in [0, 0.1) is 13.8 Å². The van der Waals surface area contributed by atoms with Crippen LogP contribution in [0.15, 0.2) is 42.5 Å². The number of rotatable bonds is 14. The van der Waals surface area contributed by atoms with Crippen molar-refractivity contribution in [3.63, 3.8) is 0 Å². The molecule has 0 fully saturated rings. The number of nitrogens with zero attached hydrogens (tertiary/aromatic N) is 1. The zero-order valence-corrected chi connectivity index (χ0v) is 25.9. The molecule has 2 rings (SSSR count). The summed E-state index contributed by atoms with van der Waals surface area (Å²) in [6.07, 6.45) is 1.38. The van der Waals surface area contributed by atoms with E-state index in [-0.39, 0.29) is 19.4 Å². The molecule has 2 atom stereocenters. The summed E-state index contributed by atoms with van der Waals surface area (Å²) in [6, 6.07) is 10.4. The molecule has 0 radical (unpaired) electrons. The van der Waals surface area contributed by atoms with E-state index in [2.05, 4.69) is 10.6 Å². The number of alkyl carbamates (subject to hydrolysis) is 1. The summed E-state index contributed by atoms with van der Waals surface area (Å²) in [5.41, 5.74) is 7.77. The number of benzene rings is 2. The maximum atomic E-state index is 14.3. The molecule has 230 valence electrons. The molecule has 0 heterocycles. The first-order valence-electron chi connectivity index (χ1n) is 14.4. The molecule has 0 bridgehead atoms. The van der Waals surface area contributed by atoms with Gasteiger partial charge in [-0.2, -0.15) is 0 Å². The van der Waals surface area contributed by atoms with E-state index in [1.165, 1.54) is 4.90 Å². The maximum absolute atomic E-state index is 14.3. The van der Waals surface area contributed by atoms with Gasteiger partial charge in [0.15, 0.2) is 0 Å². The van der Waals surface area contributed by atoms with Crippen molar-refractivity contribution in [3.05, 3.63) is 59.2 Å². The highest BCUT2D eigenvalue weighted by molar-refractivity contribution is 5.99. The molecule has 0 saturated carbocycles. The van der Waals surface area contributed by atoms with Gasteiger partial charge in [0, 0.05) is 18.7 Å². The molecule has 4 amide bonds. The van der Waals surface area contributed by atoms with Crippen LogP contribution in [0.5, 0.6) is 5.75 Å². The molecule has 10 nitrogen and oxygen atoms in total. The summed E-state index contributed by atoms with van der Waals surface area (Å²) in [5, 5.41) is 5.56. The molecule has 4 N–H and O–H groups in total. The molecule has 2 aromatic rings. The predicted octanol–water partition coefficient (Wildman–Crippen LogP) is 5.17. The Kier molecular flexibility index (Phi) is 12.8. The Balaban J connectivity index is 2.57. The number of methoxy groups -OCH3 is 1. The third-order valence-electron chi connectivity index (χ3n) is 6.72. The molecule has 0 saturated heterocycles. The fourth-order valence-corrected chi connectivity index (χ4v) is 4.39. The summed E-state index contributed by atoms with van der Waals surface area (Å²) >= 11 is 0. The molecule has 10 heteroatoms. The van der Waals surface area contributed by atoms with Crippen LogP contribution in [0.2, 0.25) is 0 Å². The minimum Gasteiger partial charge on any atom is -0.497 e. The monoisotopic (exact) mass is 582 g/mol. The smallest absolute Gasteiger partial charge is 0.408 e. The molecular weight excluding hydrogens is 536 g/mol. The Morgan fingerprint density at radius 2 is 1.64 bits per heavy atom. The topological polar surface area (TPSA) is 140 Å². The Bertz CT molecular complexity index is 1220. The number of nitrogens with one attached hydrogen (secondary N) is 2. The van der Waals surface area contributed by atoms with Crippen molar-refractivity contribution < 1.29 is 28.7 Å². The van der Waals surface area contributed by atoms with Crippen LogP contribution in [0.3, 0.4) is 0 Å². The second kappa shape index (κ2) is 15.8. The van der Waals surface area contributed by atoms with Gasteiger partial charge in [0.25, 0.3) is 5.91 Å². The van der Waals surface area contributed by atoms with Crippen LogP contribution in [-0.2, 0) is 19.1 Å². The quantitative estimate of drug-likeness (QED) is 0.263. The molecule has 0 aliphatic rings. The highest BCUT2D eigenvalue weighted by Crippen LogP contribution is 2.28. The zero-order chi connectivity index (χ0) is 31.4. The lowest BCUT2D eigenvalue weighted by atomic mass is 9.97. The van der Waals surface area contributed by atoms with Gasteiger partial charge in [-0.1, -0.05) is 38.0 Å². The molecule has 0 aromatic heterocycles. The van der Waals surface area contributed by atoms with E-state index in [0.717, 1.165) is 24.0 Å². The van der Waals surface area contributed by atoms with Gasteiger partial charge in [0.05, 0.1) is 7.11 Å². The van der Waals surface area contributed by atoms with E-state index in [4.69, 9.17) is 15.2 Å². The summed E-state index contributed by atoms with van der Waals surface area (Å²) in [4.78, 5) is 54.2. The summed E-state index contributed by atoms with van der Waals surface area (Å²) in [5.74, 6) is -0.898. The van der Waals surface area contributed by atoms with Crippen molar-refractivity contribution in [3.8, 4) is 5.75 Å². The van der Waals surface area contributed by atoms with Crippen LogP contribution < -0.4 is 21.1 Å². The Hall–Kier alpha value is -4.08. The number of aryl methyl sites for hydroxylation is 2. The number of hydrogen-bond acceptors (Lipinski definition) is 6. The third kappa shape index (κ3) is 10.7. The third-order valence-corrected chi connectivity index (χ3v) is 6.72. The summed E-state index contributed by atoms with van der Waals surface area (Å²) in [7, 11) is 1.56. The first kappa shape index (κ1) is 34.1. The van der Waals surface area contributed by atoms with Gasteiger partial charge in [0.2, 0.25) is 11.8 Å². The molecule has 42 heavy (non-hydrogen) atoms. The molecule has 0 aliphatic heterocycles. The first-order valence-corrected chi connectivity index (χ1v) is 14.4. The minimum atomic E-state index is -1.14. The van der Waals surface area contributed by atoms with Crippen molar-refractivity contribution in [2.75, 3.05) is 19.0 Å². The number of primary amides is 1. The van der Waals surface area contributed by atoms with Crippen LogP contribution >= 0.6 is 0 Å². The van der Waals surface area contributed by atoms with E-state index in [9.17, 15) is 19.2 Å². The van der Waals surface area contributed by atoms with E-state index >= 15 is 0 Å². The largest absolute Gasteiger partial charge is 0.497 e. The Morgan fingerprint density at radius 1 is 0.976 bits per heavy atom. The van der Waals surface area contributed by atoms with Crippen molar-refractivity contribution in [2.45, 2.75) is 91.3 Å². The predicted molar refractivity (Wildman–Crippen MR) is 163 cm³/mol. The van der Waals surface area contributed by atoms with Crippen molar-refractivity contribution in [2.24, 2.45) is 5.73 Å². The zero-order valence-electron chi connectivity index (χ0n) is 25.9. The van der Waals surface area contributed by atoms with Crippen LogP contribution in [0.4, 0.5) is 10.5 Å². The van der Waals surface area contributed by atoms with E-state index in [1.807, 2.05) is 39.0 Å². The first-order chi connectivity index (χ1) is 19.7. The number of anilines is 1. The number of unbranched alkanes of at least 4 members (excludes halogenated alkanes) is 2. The lowest BCUT2D eigenvalue weighted by molar-refractivity contribution is -0.141. The summed E-state index contributed by atoms with van der Waals surface area (Å²) < 4.78 is 10.6. The van der Waals surface area contributed by atoms with Crippen molar-refractivity contribution in [1.29, 1.82) is 0 Å². The molecular formula is C32H46N4O6. The van der Waals surface area contributed by atoms with E-state index in [0.29, 0.717) is 23.4 Å². The number of ether oxygens (including phenoxy) is 2. The maximum Gasteiger partial charge on any atom is 0.408 e. The summed E-state index contributed by atoms with van der Waals surface area (Å²) in [6.45, 7) is 11.3. The van der Waals surface area contributed by atoms with Crippen molar-refractivity contribution >= 4 is 29.5 Å². The Labute approximate surface area is 249 Å². The number of nitrogens with two attached hydrogens (primary N) is 1. The van der Waals surface area contributed by atoms with Gasteiger partial charge in [-0.25, -0.2) is 4.79 Å². The SMILES string of the molecule is CCCCCN(C(=O)C(CCC(N)=O)NC(=O)OC(C)(C)C)C(C(=O)Nc1ccc(OC)cc1)c1ccc(C)c(C)c1. The van der Waals surface area contributed by atoms with Crippen LogP contribution in [0.1, 0.15) is 82.5 Å². The molecule has 2 aromatic carbocycles. The number of carbonyl (C=O) groups excluding carboxylic acids is 4. The van der Waals surface area contributed by atoms with E-state index in [1.54, 1.807) is 52.1 Å². The molecule has 2 unspecified atom stereocenters. The van der Waals surface area contributed by atoms with Gasteiger partial charge < -0.3 is 30.7 Å². The van der Waals surface area contributed by atoms with Gasteiger partial charge in [0.1, 0.15) is 23.4 Å². The Morgan fingerprint density at radius 3 is 2.19 bits per heavy atom. The van der Waals surface area contributed by atoms with E-state index < -0.39 is 41.5 Å². The second-order valence-corrected chi connectivity index (χ2v) is 11.4. The van der Waals surface area contributed by atoms with Crippen molar-refractivity contribution in [1.82, 2.24) is 10.2 Å². The van der Waals surface area contributed by atoms with Gasteiger partial charge in [-0.05, 0) is 88.4 Å². The number of hydrogen-bond donors (Lipinski definition) is 3. The standard InChI is InChI=1S/C32H46N4O6/c1-8-9-10-19-36(30(39)26(17-18-27(33)37)35-31(40)42-32(4,5)6)28(23-12-11-21(2)22(3)20-23)29(38)34-24-13-15-25(41-7)16-14-24/h11-16,20,26,28H,8-10,17-19H2,1-7H3,(H2,33,37)(H,34,38)(H,35,40). The lowest BCUT2D eigenvalue weighted by Gasteiger charge is -2.35. The number of amides is 4. The van der Waals surface area contributed by atoms with Gasteiger partial charge >= 0.3 is 6.09 Å². The lowest BCUT2D eigenvalue weighted by Crippen LogP contribution is -2.52. The average molecular weight is 583 g/mol.